The lowest BCUT2D eigenvalue weighted by Gasteiger charge is -1.92. The van der Waals surface area contributed by atoms with Gasteiger partial charge < -0.3 is 0 Å². The summed E-state index contributed by atoms with van der Waals surface area (Å²) in [4.78, 5) is 2.78. The Kier molecular flexibility index (Phi) is 3.90. The Balaban J connectivity index is 1.48. The highest BCUT2D eigenvalue weighted by atomic mass is 32.1. The number of rotatable bonds is 2. The first-order valence-corrected chi connectivity index (χ1v) is 14.7. The third-order valence-electron chi connectivity index (χ3n) is 5.48. The van der Waals surface area contributed by atoms with E-state index in [0.29, 0.717) is 0 Å². The van der Waals surface area contributed by atoms with Crippen molar-refractivity contribution in [3.63, 3.8) is 0 Å². The van der Waals surface area contributed by atoms with Crippen molar-refractivity contribution in [2.75, 3.05) is 0 Å². The van der Waals surface area contributed by atoms with Crippen molar-refractivity contribution in [1.82, 2.24) is 0 Å². The molecule has 0 atom stereocenters. The molecule has 0 spiro atoms. The third kappa shape index (κ3) is 2.52. The van der Waals surface area contributed by atoms with Gasteiger partial charge in [-0.05, 0) is 60.0 Å². The van der Waals surface area contributed by atoms with Crippen LogP contribution in [0.15, 0.2) is 45.8 Å². The molecule has 146 valence electrons. The molecule has 0 bridgehead atoms. The van der Waals surface area contributed by atoms with Gasteiger partial charge in [-0.3, -0.25) is 0 Å². The van der Waals surface area contributed by atoms with Gasteiger partial charge in [-0.25, -0.2) is 0 Å². The summed E-state index contributed by atoms with van der Waals surface area (Å²) in [6, 6.07) is 9.53. The Morgan fingerprint density at radius 2 is 1.00 bits per heavy atom. The minimum absolute atomic E-state index is 1.35. The summed E-state index contributed by atoms with van der Waals surface area (Å²) in [5.41, 5.74) is 5.53. The highest BCUT2D eigenvalue weighted by molar-refractivity contribution is 7.35. The maximum atomic E-state index is 2.46. The van der Waals surface area contributed by atoms with Crippen molar-refractivity contribution < 1.29 is 0 Å². The van der Waals surface area contributed by atoms with E-state index in [4.69, 9.17) is 0 Å². The summed E-state index contributed by atoms with van der Waals surface area (Å²) in [7, 11) is 0. The van der Waals surface area contributed by atoms with Crippen LogP contribution in [0.1, 0.15) is 11.1 Å². The van der Waals surface area contributed by atoms with E-state index in [0.717, 1.165) is 0 Å². The Morgan fingerprint density at radius 3 is 1.43 bits per heavy atom. The standard InChI is InChI=1S/C24H14S6/c1-11-3-17(25-7-11)15-9-27-21-13-5-14-20(6-19(13)29-23(15)21)30-24-16(10-28-22(14)24)18-4-12(2)8-26-18/h3-10H,1-2H3. The summed E-state index contributed by atoms with van der Waals surface area (Å²) < 4.78 is 8.63. The summed E-state index contributed by atoms with van der Waals surface area (Å²) in [5.74, 6) is 0. The van der Waals surface area contributed by atoms with E-state index >= 15 is 0 Å². The van der Waals surface area contributed by atoms with Crippen molar-refractivity contribution in [2.45, 2.75) is 13.8 Å². The fourth-order valence-electron chi connectivity index (χ4n) is 4.06. The molecular weight excluding hydrogens is 481 g/mol. The molecule has 6 heteroatoms. The zero-order valence-electron chi connectivity index (χ0n) is 16.1. The molecule has 0 fully saturated rings. The summed E-state index contributed by atoms with van der Waals surface area (Å²) in [6.45, 7) is 4.36. The molecule has 6 heterocycles. The smallest absolute Gasteiger partial charge is 0.0549 e. The predicted molar refractivity (Wildman–Crippen MR) is 144 cm³/mol. The van der Waals surface area contributed by atoms with Crippen LogP contribution in [-0.2, 0) is 0 Å². The maximum Gasteiger partial charge on any atom is 0.0549 e. The minimum Gasteiger partial charge on any atom is -0.143 e. The van der Waals surface area contributed by atoms with Crippen molar-refractivity contribution in [2.24, 2.45) is 0 Å². The molecule has 0 radical (unpaired) electrons. The first-order chi connectivity index (χ1) is 14.7. The first-order valence-electron chi connectivity index (χ1n) is 9.54. The van der Waals surface area contributed by atoms with Gasteiger partial charge >= 0.3 is 0 Å². The van der Waals surface area contributed by atoms with E-state index in [9.17, 15) is 0 Å². The van der Waals surface area contributed by atoms with Crippen LogP contribution in [0.3, 0.4) is 0 Å². The number of fused-ring (bicyclic) bond motifs is 6. The molecule has 0 unspecified atom stereocenters. The zero-order chi connectivity index (χ0) is 20.0. The lowest BCUT2D eigenvalue weighted by molar-refractivity contribution is 1.56. The van der Waals surface area contributed by atoms with Crippen LogP contribution in [0.4, 0.5) is 0 Å². The molecule has 7 aromatic rings. The predicted octanol–water partition coefficient (Wildman–Crippen LogP) is 10.6. The quantitative estimate of drug-likeness (QED) is 0.224. The average Bonchev–Trinajstić information content (AvgIpc) is 3.50. The Morgan fingerprint density at radius 1 is 0.500 bits per heavy atom. The molecule has 7 rings (SSSR count). The van der Waals surface area contributed by atoms with Gasteiger partial charge in [0.05, 0.1) is 18.8 Å². The Labute approximate surface area is 197 Å². The second kappa shape index (κ2) is 6.48. The van der Waals surface area contributed by atoms with Gasteiger partial charge in [-0.2, -0.15) is 0 Å². The number of benzene rings is 1. The fraction of sp³-hybridized carbons (Fsp3) is 0.0833. The Hall–Kier alpha value is -1.54. The Bertz CT molecular complexity index is 1600. The van der Waals surface area contributed by atoms with Gasteiger partial charge in [-0.15, -0.1) is 68.0 Å². The SMILES string of the molecule is Cc1csc(-c2csc3c2sc2cc4sc5c(-c6cc(C)cs6)csc5c4cc23)c1. The van der Waals surface area contributed by atoms with Gasteiger partial charge in [-0.1, -0.05) is 0 Å². The fourth-order valence-corrected chi connectivity index (χ4v) is 11.4. The second-order valence-electron chi connectivity index (χ2n) is 7.64. The molecule has 0 aliphatic heterocycles. The number of hydrogen-bond acceptors (Lipinski definition) is 6. The molecule has 0 aliphatic rings. The van der Waals surface area contributed by atoms with Gasteiger partial charge in [0.2, 0.25) is 0 Å². The molecule has 30 heavy (non-hydrogen) atoms. The van der Waals surface area contributed by atoms with Crippen LogP contribution in [0.25, 0.3) is 59.9 Å². The van der Waals surface area contributed by atoms with Crippen LogP contribution in [0.2, 0.25) is 0 Å². The number of aryl methyl sites for hydroxylation is 2. The van der Waals surface area contributed by atoms with Crippen LogP contribution < -0.4 is 0 Å². The molecule has 0 N–H and O–H groups in total. The van der Waals surface area contributed by atoms with Crippen molar-refractivity contribution in [3.05, 3.63) is 56.9 Å². The van der Waals surface area contributed by atoms with E-state index in [1.54, 1.807) is 0 Å². The van der Waals surface area contributed by atoms with Crippen molar-refractivity contribution in [3.8, 4) is 20.9 Å². The first kappa shape index (κ1) is 18.1. The lowest BCUT2D eigenvalue weighted by Crippen LogP contribution is -1.64. The molecule has 0 nitrogen and oxygen atoms in total. The van der Waals surface area contributed by atoms with Crippen molar-refractivity contribution >= 4 is 107 Å². The van der Waals surface area contributed by atoms with E-state index < -0.39 is 0 Å². The molecule has 1 aromatic carbocycles. The molecule has 0 saturated carbocycles. The summed E-state index contributed by atoms with van der Waals surface area (Å²) in [6.07, 6.45) is 0. The largest absolute Gasteiger partial charge is 0.143 e. The van der Waals surface area contributed by atoms with Crippen LogP contribution in [0, 0.1) is 13.8 Å². The second-order valence-corrected chi connectivity index (χ2v) is 13.3. The summed E-state index contributed by atoms with van der Waals surface area (Å²) >= 11 is 11.4. The van der Waals surface area contributed by atoms with Crippen LogP contribution >= 0.6 is 68.0 Å². The number of thiophene rings is 6. The van der Waals surface area contributed by atoms with E-state index in [1.807, 2.05) is 68.0 Å². The van der Waals surface area contributed by atoms with Gasteiger partial charge in [0, 0.05) is 51.8 Å². The minimum atomic E-state index is 1.35. The van der Waals surface area contributed by atoms with E-state index in [-0.39, 0.29) is 0 Å². The van der Waals surface area contributed by atoms with Gasteiger partial charge in [0.15, 0.2) is 0 Å². The molecule has 0 saturated heterocycles. The van der Waals surface area contributed by atoms with Crippen molar-refractivity contribution in [1.29, 1.82) is 0 Å². The van der Waals surface area contributed by atoms with E-state index in [2.05, 4.69) is 59.6 Å². The van der Waals surface area contributed by atoms with Crippen LogP contribution in [0.5, 0.6) is 0 Å². The molecular formula is C24H14S6. The molecule has 6 aromatic heterocycles. The number of hydrogen-bond donors (Lipinski definition) is 0. The normalized spacial score (nSPS) is 12.3. The highest BCUT2D eigenvalue weighted by Gasteiger charge is 2.18. The van der Waals surface area contributed by atoms with Gasteiger partial charge in [0.1, 0.15) is 0 Å². The third-order valence-corrected chi connectivity index (χ3v) is 12.3. The zero-order valence-corrected chi connectivity index (χ0v) is 21.0. The average molecular weight is 495 g/mol. The summed E-state index contributed by atoms with van der Waals surface area (Å²) in [5, 5.41) is 12.1. The van der Waals surface area contributed by atoms with Gasteiger partial charge in [0.25, 0.3) is 0 Å². The topological polar surface area (TPSA) is 0 Å². The monoisotopic (exact) mass is 494 g/mol. The lowest BCUT2D eigenvalue weighted by atomic mass is 10.1. The van der Waals surface area contributed by atoms with E-state index in [1.165, 1.54) is 71.0 Å². The molecule has 0 amide bonds. The molecule has 0 aliphatic carbocycles. The maximum absolute atomic E-state index is 2.46. The van der Waals surface area contributed by atoms with Crippen LogP contribution in [-0.4, -0.2) is 0 Å². The highest BCUT2D eigenvalue weighted by Crippen LogP contribution is 2.50.